The number of amides is 1. The number of morpholine rings is 1. The maximum absolute atomic E-state index is 12.5. The fraction of sp³-hybridized carbons (Fsp3) is 0.381. The van der Waals surface area contributed by atoms with Crippen molar-refractivity contribution in [3.05, 3.63) is 52.5 Å². The molecule has 1 atom stereocenters. The summed E-state index contributed by atoms with van der Waals surface area (Å²) in [4.78, 5) is 14.8. The van der Waals surface area contributed by atoms with Crippen molar-refractivity contribution in [1.29, 1.82) is 0 Å². The van der Waals surface area contributed by atoms with Crippen LogP contribution in [0, 0.1) is 0 Å². The van der Waals surface area contributed by atoms with Crippen molar-refractivity contribution in [1.82, 2.24) is 0 Å². The Labute approximate surface area is 168 Å². The highest BCUT2D eigenvalue weighted by Crippen LogP contribution is 2.30. The summed E-state index contributed by atoms with van der Waals surface area (Å²) in [5, 5.41) is 2.95. The molecule has 6 heteroatoms. The lowest BCUT2D eigenvalue weighted by atomic mass is 10.2. The van der Waals surface area contributed by atoms with Gasteiger partial charge in [-0.25, -0.2) is 0 Å². The number of hydrogen-bond acceptors (Lipinski definition) is 4. The molecule has 0 radical (unpaired) electrons. The molecule has 1 heterocycles. The number of nitrogens with zero attached hydrogens (tertiary/aromatic N) is 1. The van der Waals surface area contributed by atoms with Crippen LogP contribution in [-0.2, 0) is 4.74 Å². The Morgan fingerprint density at radius 2 is 1.93 bits per heavy atom. The van der Waals surface area contributed by atoms with E-state index in [1.54, 1.807) is 12.1 Å². The summed E-state index contributed by atoms with van der Waals surface area (Å²) < 4.78 is 12.1. The fourth-order valence-electron chi connectivity index (χ4n) is 2.85. The van der Waals surface area contributed by atoms with E-state index in [9.17, 15) is 4.79 Å². The van der Waals surface area contributed by atoms with Crippen molar-refractivity contribution in [2.45, 2.75) is 26.4 Å². The zero-order valence-corrected chi connectivity index (χ0v) is 17.3. The summed E-state index contributed by atoms with van der Waals surface area (Å²) in [5.74, 6) is 0.634. The van der Waals surface area contributed by atoms with Crippen LogP contribution < -0.4 is 15.0 Å². The second kappa shape index (κ2) is 9.24. The molecular weight excluding hydrogens is 408 g/mol. The molecule has 3 rings (SSSR count). The first-order chi connectivity index (χ1) is 13.1. The molecular formula is C21H25BrN2O3. The highest BCUT2D eigenvalue weighted by atomic mass is 79.9. The van der Waals surface area contributed by atoms with E-state index in [0.29, 0.717) is 5.56 Å². The van der Waals surface area contributed by atoms with Crippen LogP contribution in [0.4, 0.5) is 11.4 Å². The number of hydrogen-bond donors (Lipinski definition) is 1. The van der Waals surface area contributed by atoms with Crippen molar-refractivity contribution >= 4 is 33.2 Å². The molecule has 1 unspecified atom stereocenters. The van der Waals surface area contributed by atoms with E-state index in [1.165, 1.54) is 0 Å². The Bertz CT molecular complexity index is 773. The summed E-state index contributed by atoms with van der Waals surface area (Å²) in [6.07, 6.45) is 1.10. The predicted molar refractivity (Wildman–Crippen MR) is 112 cm³/mol. The van der Waals surface area contributed by atoms with Crippen molar-refractivity contribution in [2.75, 3.05) is 36.5 Å². The molecule has 0 spiro atoms. The van der Waals surface area contributed by atoms with Gasteiger partial charge in [0.2, 0.25) is 0 Å². The third kappa shape index (κ3) is 5.23. The van der Waals surface area contributed by atoms with Crippen LogP contribution in [0.3, 0.4) is 0 Å². The number of halogens is 1. The maximum Gasteiger partial charge on any atom is 0.255 e. The summed E-state index contributed by atoms with van der Waals surface area (Å²) in [5.41, 5.74) is 2.46. The molecule has 5 nitrogen and oxygen atoms in total. The van der Waals surface area contributed by atoms with Gasteiger partial charge in [-0.1, -0.05) is 6.92 Å². The van der Waals surface area contributed by atoms with Gasteiger partial charge in [0, 0.05) is 28.8 Å². The van der Waals surface area contributed by atoms with E-state index in [4.69, 9.17) is 9.47 Å². The van der Waals surface area contributed by atoms with Gasteiger partial charge in [0.25, 0.3) is 5.91 Å². The van der Waals surface area contributed by atoms with Crippen molar-refractivity contribution < 1.29 is 14.3 Å². The third-order valence-electron chi connectivity index (χ3n) is 4.59. The molecule has 1 N–H and O–H groups in total. The lowest BCUT2D eigenvalue weighted by Gasteiger charge is -2.29. The molecule has 1 aliphatic heterocycles. The standard InChI is InChI=1S/C21H25BrN2O3/c1-3-15(2)27-18-7-4-16(5-8-18)21(25)23-17-6-9-20(19(22)14-17)24-10-12-26-13-11-24/h4-9,14-15H,3,10-13H2,1-2H3,(H,23,25). The molecule has 0 aliphatic carbocycles. The average Bonchev–Trinajstić information content (AvgIpc) is 2.69. The SMILES string of the molecule is CCC(C)Oc1ccc(C(=O)Nc2ccc(N3CCOCC3)c(Br)c2)cc1. The number of ether oxygens (including phenoxy) is 2. The van der Waals surface area contributed by atoms with Crippen molar-refractivity contribution in [3.63, 3.8) is 0 Å². The van der Waals surface area contributed by atoms with Gasteiger partial charge in [0.15, 0.2) is 0 Å². The summed E-state index contributed by atoms with van der Waals surface area (Å²) in [6, 6.07) is 13.1. The van der Waals surface area contributed by atoms with E-state index < -0.39 is 0 Å². The highest BCUT2D eigenvalue weighted by Gasteiger charge is 2.15. The van der Waals surface area contributed by atoms with Gasteiger partial charge in [-0.05, 0) is 71.7 Å². The van der Waals surface area contributed by atoms with E-state index in [0.717, 1.165) is 54.3 Å². The van der Waals surface area contributed by atoms with Crippen LogP contribution >= 0.6 is 15.9 Å². The maximum atomic E-state index is 12.5. The largest absolute Gasteiger partial charge is 0.491 e. The molecule has 1 saturated heterocycles. The van der Waals surface area contributed by atoms with Crippen molar-refractivity contribution in [2.24, 2.45) is 0 Å². The van der Waals surface area contributed by atoms with E-state index >= 15 is 0 Å². The van der Waals surface area contributed by atoms with Gasteiger partial charge >= 0.3 is 0 Å². The van der Waals surface area contributed by atoms with Crippen LogP contribution in [-0.4, -0.2) is 38.3 Å². The lowest BCUT2D eigenvalue weighted by Crippen LogP contribution is -2.36. The first kappa shape index (κ1) is 19.7. The Hall–Kier alpha value is -2.05. The van der Waals surface area contributed by atoms with E-state index in [2.05, 4.69) is 33.1 Å². The number of nitrogens with one attached hydrogen (secondary N) is 1. The van der Waals surface area contributed by atoms with Gasteiger partial charge in [0.05, 0.1) is 25.0 Å². The van der Waals surface area contributed by atoms with Gasteiger partial charge in [-0.15, -0.1) is 0 Å². The molecule has 2 aromatic carbocycles. The molecule has 144 valence electrons. The van der Waals surface area contributed by atoms with Gasteiger partial charge in [-0.3, -0.25) is 4.79 Å². The molecule has 1 aliphatic rings. The topological polar surface area (TPSA) is 50.8 Å². The molecule has 27 heavy (non-hydrogen) atoms. The minimum absolute atomic E-state index is 0.142. The number of rotatable bonds is 6. The number of carbonyl (C=O) groups excluding carboxylic acids is 1. The number of anilines is 2. The Morgan fingerprint density at radius 3 is 2.56 bits per heavy atom. The van der Waals surface area contributed by atoms with Crippen LogP contribution in [0.1, 0.15) is 30.6 Å². The normalized spacial score (nSPS) is 15.3. The molecule has 0 aromatic heterocycles. The molecule has 0 bridgehead atoms. The first-order valence-electron chi connectivity index (χ1n) is 9.27. The second-order valence-electron chi connectivity index (χ2n) is 6.58. The predicted octanol–water partition coefficient (Wildman–Crippen LogP) is 4.72. The van der Waals surface area contributed by atoms with E-state index in [1.807, 2.05) is 37.3 Å². The third-order valence-corrected chi connectivity index (χ3v) is 5.22. The molecule has 1 amide bonds. The molecule has 2 aromatic rings. The summed E-state index contributed by atoms with van der Waals surface area (Å²) in [6.45, 7) is 7.32. The summed E-state index contributed by atoms with van der Waals surface area (Å²) in [7, 11) is 0. The van der Waals surface area contributed by atoms with Crippen LogP contribution in [0.25, 0.3) is 0 Å². The lowest BCUT2D eigenvalue weighted by molar-refractivity contribution is 0.102. The molecule has 0 saturated carbocycles. The number of benzene rings is 2. The zero-order chi connectivity index (χ0) is 19.2. The fourth-order valence-corrected chi connectivity index (χ4v) is 3.48. The second-order valence-corrected chi connectivity index (χ2v) is 7.44. The van der Waals surface area contributed by atoms with Crippen LogP contribution in [0.2, 0.25) is 0 Å². The number of carbonyl (C=O) groups is 1. The average molecular weight is 433 g/mol. The van der Waals surface area contributed by atoms with Crippen LogP contribution in [0.5, 0.6) is 5.75 Å². The molecule has 1 fully saturated rings. The highest BCUT2D eigenvalue weighted by molar-refractivity contribution is 9.10. The Balaban J connectivity index is 1.64. The van der Waals surface area contributed by atoms with Gasteiger partial charge in [0.1, 0.15) is 5.75 Å². The summed E-state index contributed by atoms with van der Waals surface area (Å²) >= 11 is 3.62. The Morgan fingerprint density at radius 1 is 1.22 bits per heavy atom. The van der Waals surface area contributed by atoms with Crippen molar-refractivity contribution in [3.8, 4) is 5.75 Å². The zero-order valence-electron chi connectivity index (χ0n) is 15.7. The monoisotopic (exact) mass is 432 g/mol. The Kier molecular flexibility index (Phi) is 6.74. The van der Waals surface area contributed by atoms with Gasteiger partial charge < -0.3 is 19.7 Å². The van der Waals surface area contributed by atoms with Gasteiger partial charge in [-0.2, -0.15) is 0 Å². The smallest absolute Gasteiger partial charge is 0.255 e. The first-order valence-corrected chi connectivity index (χ1v) is 10.1. The quantitative estimate of drug-likeness (QED) is 0.717. The van der Waals surface area contributed by atoms with Crippen LogP contribution in [0.15, 0.2) is 46.9 Å². The minimum Gasteiger partial charge on any atom is -0.491 e. The van der Waals surface area contributed by atoms with E-state index in [-0.39, 0.29) is 12.0 Å². The minimum atomic E-state index is -0.142.